The maximum absolute atomic E-state index is 12.6. The topological polar surface area (TPSA) is 49.6 Å². The van der Waals surface area contributed by atoms with Crippen LogP contribution in [0.15, 0.2) is 36.4 Å². The Hall–Kier alpha value is -1.91. The van der Waals surface area contributed by atoms with Gasteiger partial charge in [-0.1, -0.05) is 38.1 Å². The van der Waals surface area contributed by atoms with E-state index in [0.717, 1.165) is 48.1 Å². The standard InChI is InChI=1S/C17H21N3O.C2H6/c1-19-7-9-20(10-8-19)17(21)14-6-5-13-3-2-4-15(12-18)16(13)11-14;1-2/h2-6,11H,7-10,12,18H2,1H3;1-2H3. The molecule has 2 N–H and O–H groups in total. The van der Waals surface area contributed by atoms with Crippen molar-refractivity contribution in [1.82, 2.24) is 9.80 Å². The Morgan fingerprint density at radius 1 is 1.09 bits per heavy atom. The molecule has 0 unspecified atom stereocenters. The van der Waals surface area contributed by atoms with E-state index in [-0.39, 0.29) is 5.91 Å². The lowest BCUT2D eigenvalue weighted by Gasteiger charge is -2.32. The van der Waals surface area contributed by atoms with Gasteiger partial charge < -0.3 is 15.5 Å². The molecule has 1 saturated heterocycles. The molecule has 0 bridgehead atoms. The molecule has 1 aliphatic heterocycles. The van der Waals surface area contributed by atoms with Gasteiger partial charge in [0.05, 0.1) is 0 Å². The summed E-state index contributed by atoms with van der Waals surface area (Å²) >= 11 is 0. The Bertz CT molecular complexity index is 661. The Kier molecular flexibility index (Phi) is 6.13. The number of likely N-dealkylation sites (N-methyl/N-ethyl adjacent to an activating group) is 1. The molecule has 0 spiro atoms. The van der Waals surface area contributed by atoms with Crippen molar-refractivity contribution in [3.05, 3.63) is 47.5 Å². The molecule has 1 aliphatic rings. The van der Waals surface area contributed by atoms with E-state index in [4.69, 9.17) is 5.73 Å². The van der Waals surface area contributed by atoms with Gasteiger partial charge in [-0.25, -0.2) is 0 Å². The van der Waals surface area contributed by atoms with Crippen molar-refractivity contribution in [3.8, 4) is 0 Å². The van der Waals surface area contributed by atoms with Crippen LogP contribution in [0.1, 0.15) is 29.8 Å². The van der Waals surface area contributed by atoms with Crippen molar-refractivity contribution in [2.24, 2.45) is 5.73 Å². The van der Waals surface area contributed by atoms with Crippen LogP contribution in [-0.4, -0.2) is 48.9 Å². The predicted octanol–water partition coefficient (Wildman–Crippen LogP) is 2.71. The number of nitrogens with zero attached hydrogens (tertiary/aromatic N) is 2. The molecule has 0 atom stereocenters. The number of benzene rings is 2. The molecule has 2 aromatic carbocycles. The van der Waals surface area contributed by atoms with Crippen LogP contribution in [0, 0.1) is 0 Å². The predicted molar refractivity (Wildman–Crippen MR) is 96.6 cm³/mol. The van der Waals surface area contributed by atoms with E-state index in [2.05, 4.69) is 18.0 Å². The third-order valence-electron chi connectivity index (χ3n) is 4.23. The van der Waals surface area contributed by atoms with E-state index in [9.17, 15) is 4.79 Å². The molecule has 0 radical (unpaired) electrons. The molecule has 4 nitrogen and oxygen atoms in total. The maximum Gasteiger partial charge on any atom is 0.253 e. The Morgan fingerprint density at radius 3 is 2.43 bits per heavy atom. The van der Waals surface area contributed by atoms with Crippen LogP contribution in [-0.2, 0) is 6.54 Å². The second kappa shape index (κ2) is 8.09. The Morgan fingerprint density at radius 2 is 1.78 bits per heavy atom. The number of piperazine rings is 1. The summed E-state index contributed by atoms with van der Waals surface area (Å²) in [7, 11) is 2.09. The summed E-state index contributed by atoms with van der Waals surface area (Å²) < 4.78 is 0. The normalized spacial score (nSPS) is 15.2. The molecule has 1 heterocycles. The average Bonchev–Trinajstić information content (AvgIpc) is 2.62. The molecule has 0 aliphatic carbocycles. The summed E-state index contributed by atoms with van der Waals surface area (Å²) in [5.74, 6) is 0.122. The van der Waals surface area contributed by atoms with Gasteiger partial charge in [0.25, 0.3) is 5.91 Å². The van der Waals surface area contributed by atoms with Crippen LogP contribution in [0.2, 0.25) is 0 Å². The third-order valence-corrected chi connectivity index (χ3v) is 4.23. The van der Waals surface area contributed by atoms with Gasteiger partial charge in [-0.15, -0.1) is 0 Å². The lowest BCUT2D eigenvalue weighted by atomic mass is 10.0. The number of amides is 1. The number of rotatable bonds is 2. The molecule has 124 valence electrons. The smallest absolute Gasteiger partial charge is 0.253 e. The van der Waals surface area contributed by atoms with Crippen LogP contribution in [0.5, 0.6) is 0 Å². The van der Waals surface area contributed by atoms with Gasteiger partial charge in [-0.2, -0.15) is 0 Å². The Labute approximate surface area is 138 Å². The van der Waals surface area contributed by atoms with Crippen molar-refractivity contribution >= 4 is 16.7 Å². The minimum absolute atomic E-state index is 0.122. The summed E-state index contributed by atoms with van der Waals surface area (Å²) in [6, 6.07) is 12.0. The monoisotopic (exact) mass is 313 g/mol. The summed E-state index contributed by atoms with van der Waals surface area (Å²) in [5, 5.41) is 2.22. The van der Waals surface area contributed by atoms with Crippen molar-refractivity contribution in [2.45, 2.75) is 20.4 Å². The maximum atomic E-state index is 12.6. The van der Waals surface area contributed by atoms with Gasteiger partial charge >= 0.3 is 0 Å². The van der Waals surface area contributed by atoms with Crippen molar-refractivity contribution < 1.29 is 4.79 Å². The Balaban J connectivity index is 0.000000924. The van der Waals surface area contributed by atoms with Gasteiger partial charge in [-0.3, -0.25) is 4.79 Å². The number of carbonyl (C=O) groups is 1. The number of nitrogens with two attached hydrogens (primary N) is 1. The fourth-order valence-electron chi connectivity index (χ4n) is 2.84. The van der Waals surface area contributed by atoms with E-state index >= 15 is 0 Å². The zero-order chi connectivity index (χ0) is 16.8. The van der Waals surface area contributed by atoms with E-state index in [0.29, 0.717) is 6.54 Å². The molecule has 2 aromatic rings. The highest BCUT2D eigenvalue weighted by Gasteiger charge is 2.20. The lowest BCUT2D eigenvalue weighted by molar-refractivity contribution is 0.0664. The molecular formula is C19H27N3O. The zero-order valence-corrected chi connectivity index (χ0v) is 14.4. The second-order valence-corrected chi connectivity index (χ2v) is 5.65. The fourth-order valence-corrected chi connectivity index (χ4v) is 2.84. The van der Waals surface area contributed by atoms with Gasteiger partial charge in [0.2, 0.25) is 0 Å². The molecule has 1 fully saturated rings. The molecule has 4 heteroatoms. The first-order valence-electron chi connectivity index (χ1n) is 8.38. The van der Waals surface area contributed by atoms with Gasteiger partial charge in [0.1, 0.15) is 0 Å². The van der Waals surface area contributed by atoms with Crippen LogP contribution in [0.25, 0.3) is 10.8 Å². The minimum Gasteiger partial charge on any atom is -0.336 e. The molecule has 3 rings (SSSR count). The molecular weight excluding hydrogens is 286 g/mol. The molecule has 0 saturated carbocycles. The summed E-state index contributed by atoms with van der Waals surface area (Å²) in [5.41, 5.74) is 7.64. The van der Waals surface area contributed by atoms with E-state index < -0.39 is 0 Å². The average molecular weight is 313 g/mol. The number of hydrogen-bond acceptors (Lipinski definition) is 3. The first-order chi connectivity index (χ1) is 11.2. The highest BCUT2D eigenvalue weighted by Crippen LogP contribution is 2.21. The van der Waals surface area contributed by atoms with Gasteiger partial charge in [0.15, 0.2) is 0 Å². The highest BCUT2D eigenvalue weighted by atomic mass is 16.2. The minimum atomic E-state index is 0.122. The SMILES string of the molecule is CC.CN1CCN(C(=O)c2ccc3cccc(CN)c3c2)CC1. The van der Waals surface area contributed by atoms with Crippen LogP contribution in [0.3, 0.4) is 0 Å². The fraction of sp³-hybridized carbons (Fsp3) is 0.421. The summed E-state index contributed by atoms with van der Waals surface area (Å²) in [6.07, 6.45) is 0. The van der Waals surface area contributed by atoms with Crippen LogP contribution in [0.4, 0.5) is 0 Å². The first kappa shape index (κ1) is 17.4. The molecule has 23 heavy (non-hydrogen) atoms. The van der Waals surface area contributed by atoms with Gasteiger partial charge in [0, 0.05) is 38.3 Å². The number of fused-ring (bicyclic) bond motifs is 1. The quantitative estimate of drug-likeness (QED) is 0.927. The molecule has 0 aromatic heterocycles. The molecule has 1 amide bonds. The van der Waals surface area contributed by atoms with E-state index in [1.165, 1.54) is 0 Å². The largest absolute Gasteiger partial charge is 0.336 e. The van der Waals surface area contributed by atoms with E-state index in [1.807, 2.05) is 49.1 Å². The number of hydrogen-bond donors (Lipinski definition) is 1. The van der Waals surface area contributed by atoms with Crippen molar-refractivity contribution in [1.29, 1.82) is 0 Å². The van der Waals surface area contributed by atoms with Crippen LogP contribution < -0.4 is 5.73 Å². The first-order valence-corrected chi connectivity index (χ1v) is 8.38. The van der Waals surface area contributed by atoms with Crippen molar-refractivity contribution in [2.75, 3.05) is 33.2 Å². The van der Waals surface area contributed by atoms with Gasteiger partial charge in [-0.05, 0) is 35.5 Å². The van der Waals surface area contributed by atoms with Crippen LogP contribution >= 0.6 is 0 Å². The summed E-state index contributed by atoms with van der Waals surface area (Å²) in [4.78, 5) is 16.8. The van der Waals surface area contributed by atoms with E-state index in [1.54, 1.807) is 0 Å². The second-order valence-electron chi connectivity index (χ2n) is 5.65. The highest BCUT2D eigenvalue weighted by molar-refractivity contribution is 5.99. The third kappa shape index (κ3) is 3.89. The van der Waals surface area contributed by atoms with Crippen molar-refractivity contribution in [3.63, 3.8) is 0 Å². The zero-order valence-electron chi connectivity index (χ0n) is 14.4. The number of carbonyl (C=O) groups excluding carboxylic acids is 1. The lowest BCUT2D eigenvalue weighted by Crippen LogP contribution is -2.47. The summed E-state index contributed by atoms with van der Waals surface area (Å²) in [6.45, 7) is 7.96.